The van der Waals surface area contributed by atoms with Crippen LogP contribution in [0.5, 0.6) is 0 Å². The van der Waals surface area contributed by atoms with E-state index in [1.54, 1.807) is 12.1 Å². The second kappa shape index (κ2) is 8.58. The largest absolute Gasteiger partial charge is 0.336 e. The van der Waals surface area contributed by atoms with Crippen molar-refractivity contribution in [3.63, 3.8) is 0 Å². The molecule has 0 saturated carbocycles. The number of aryl methyl sites for hydroxylation is 1. The van der Waals surface area contributed by atoms with Crippen molar-refractivity contribution in [3.8, 4) is 0 Å². The number of carbonyl (C=O) groups is 2. The van der Waals surface area contributed by atoms with Gasteiger partial charge in [-0.25, -0.2) is 8.42 Å². The van der Waals surface area contributed by atoms with Gasteiger partial charge < -0.3 is 4.90 Å². The lowest BCUT2D eigenvalue weighted by molar-refractivity contribution is -0.121. The molecule has 1 fully saturated rings. The van der Waals surface area contributed by atoms with Crippen LogP contribution in [-0.4, -0.2) is 48.6 Å². The number of Topliss-reactive ketones (excluding diaryl/α,β-unsaturated/α-hetero) is 1. The van der Waals surface area contributed by atoms with Gasteiger partial charge in [0.1, 0.15) is 4.75 Å². The minimum atomic E-state index is -3.67. The summed E-state index contributed by atoms with van der Waals surface area (Å²) in [6, 6.07) is 14.3. The SMILES string of the molecule is CC1(C(=O)CCc2ccccc2)CN(C(=O)c2ccc(Br)c(Cl)c2)CCS1(=O)=O. The first-order valence-corrected chi connectivity index (χ1v) is 12.0. The monoisotopic (exact) mass is 497 g/mol. The van der Waals surface area contributed by atoms with Gasteiger partial charge in [0.2, 0.25) is 0 Å². The van der Waals surface area contributed by atoms with Crippen molar-refractivity contribution >= 4 is 49.1 Å². The average Bonchev–Trinajstić information content (AvgIpc) is 2.70. The molecule has 3 rings (SSSR count). The predicted octanol–water partition coefficient (Wildman–Crippen LogP) is 3.93. The maximum atomic E-state index is 13.0. The highest BCUT2D eigenvalue weighted by Gasteiger charge is 2.50. The molecule has 1 atom stereocenters. The summed E-state index contributed by atoms with van der Waals surface area (Å²) in [5.41, 5.74) is 1.33. The van der Waals surface area contributed by atoms with Gasteiger partial charge in [0.15, 0.2) is 15.6 Å². The van der Waals surface area contributed by atoms with Gasteiger partial charge in [-0.05, 0) is 53.0 Å². The number of sulfone groups is 1. The third-order valence-corrected chi connectivity index (χ3v) is 9.02. The summed E-state index contributed by atoms with van der Waals surface area (Å²) in [4.78, 5) is 27.3. The Morgan fingerprint density at radius 1 is 1.17 bits per heavy atom. The summed E-state index contributed by atoms with van der Waals surface area (Å²) in [7, 11) is -3.67. The number of rotatable bonds is 5. The normalized spacial score (nSPS) is 21.0. The lowest BCUT2D eigenvalue weighted by atomic mass is 9.97. The van der Waals surface area contributed by atoms with E-state index in [1.165, 1.54) is 17.9 Å². The molecule has 0 aromatic heterocycles. The van der Waals surface area contributed by atoms with Gasteiger partial charge in [0, 0.05) is 29.5 Å². The summed E-state index contributed by atoms with van der Waals surface area (Å²) >= 11 is 9.36. The molecule has 5 nitrogen and oxygen atoms in total. The summed E-state index contributed by atoms with van der Waals surface area (Å²) < 4.78 is 24.6. The Balaban J connectivity index is 1.79. The number of benzene rings is 2. The number of amides is 1. The van der Waals surface area contributed by atoms with Crippen LogP contribution in [0, 0.1) is 0 Å². The Labute approximate surface area is 184 Å². The van der Waals surface area contributed by atoms with E-state index >= 15 is 0 Å². The van der Waals surface area contributed by atoms with E-state index in [1.807, 2.05) is 30.3 Å². The van der Waals surface area contributed by atoms with Gasteiger partial charge in [-0.2, -0.15) is 0 Å². The molecule has 1 amide bonds. The van der Waals surface area contributed by atoms with Crippen molar-refractivity contribution in [1.82, 2.24) is 4.90 Å². The second-order valence-corrected chi connectivity index (χ2v) is 11.1. The molecule has 0 bridgehead atoms. The minimum absolute atomic E-state index is 0.0520. The summed E-state index contributed by atoms with van der Waals surface area (Å²) in [6.07, 6.45) is 0.562. The highest BCUT2D eigenvalue weighted by atomic mass is 79.9. The fourth-order valence-electron chi connectivity index (χ4n) is 3.41. The maximum Gasteiger partial charge on any atom is 0.253 e. The van der Waals surface area contributed by atoms with Gasteiger partial charge in [-0.15, -0.1) is 0 Å². The minimum Gasteiger partial charge on any atom is -0.336 e. The van der Waals surface area contributed by atoms with Crippen molar-refractivity contribution < 1.29 is 18.0 Å². The van der Waals surface area contributed by atoms with Crippen molar-refractivity contribution in [3.05, 3.63) is 69.2 Å². The van der Waals surface area contributed by atoms with Gasteiger partial charge in [0.25, 0.3) is 5.91 Å². The van der Waals surface area contributed by atoms with E-state index in [0.29, 0.717) is 21.5 Å². The van der Waals surface area contributed by atoms with E-state index in [0.717, 1.165) is 5.56 Å². The molecule has 1 unspecified atom stereocenters. The zero-order chi connectivity index (χ0) is 21.2. The molecule has 1 heterocycles. The zero-order valence-electron chi connectivity index (χ0n) is 15.9. The third kappa shape index (κ3) is 4.57. The number of nitrogens with zero attached hydrogens (tertiary/aromatic N) is 1. The molecule has 2 aromatic carbocycles. The molecule has 154 valence electrons. The van der Waals surface area contributed by atoms with E-state index < -0.39 is 14.6 Å². The maximum absolute atomic E-state index is 13.0. The Morgan fingerprint density at radius 3 is 2.52 bits per heavy atom. The number of halogens is 2. The molecule has 1 aliphatic rings. The van der Waals surface area contributed by atoms with E-state index in [2.05, 4.69) is 15.9 Å². The average molecular weight is 499 g/mol. The van der Waals surface area contributed by atoms with Crippen LogP contribution >= 0.6 is 27.5 Å². The summed E-state index contributed by atoms with van der Waals surface area (Å²) in [6.45, 7) is 1.33. The lowest BCUT2D eigenvalue weighted by Crippen LogP contribution is -2.60. The molecule has 1 saturated heterocycles. The van der Waals surface area contributed by atoms with Crippen LogP contribution in [-0.2, 0) is 21.1 Å². The van der Waals surface area contributed by atoms with Gasteiger partial charge in [-0.1, -0.05) is 41.9 Å². The number of ketones is 1. The quantitative estimate of drug-likeness (QED) is 0.626. The molecular weight excluding hydrogens is 478 g/mol. The first-order valence-electron chi connectivity index (χ1n) is 9.18. The van der Waals surface area contributed by atoms with Crippen molar-refractivity contribution in [2.45, 2.75) is 24.5 Å². The second-order valence-electron chi connectivity index (χ2n) is 7.31. The topological polar surface area (TPSA) is 71.5 Å². The smallest absolute Gasteiger partial charge is 0.253 e. The molecule has 0 radical (unpaired) electrons. The van der Waals surface area contributed by atoms with Crippen molar-refractivity contribution in [1.29, 1.82) is 0 Å². The highest BCUT2D eigenvalue weighted by Crippen LogP contribution is 2.30. The Morgan fingerprint density at radius 2 is 1.86 bits per heavy atom. The molecular formula is C21H21BrClNO4S. The number of hydrogen-bond acceptors (Lipinski definition) is 4. The highest BCUT2D eigenvalue weighted by molar-refractivity contribution is 9.10. The fourth-order valence-corrected chi connectivity index (χ4v) is 5.55. The van der Waals surface area contributed by atoms with Crippen LogP contribution in [0.1, 0.15) is 29.3 Å². The molecule has 1 aliphatic heterocycles. The van der Waals surface area contributed by atoms with E-state index in [9.17, 15) is 18.0 Å². The molecule has 0 aliphatic carbocycles. The standard InChI is InChI=1S/C21H21BrClNO4S/c1-21(19(25)10-7-15-5-3-2-4-6-15)14-24(11-12-29(21,27)28)20(26)16-8-9-17(22)18(23)13-16/h2-6,8-9,13H,7,10-12,14H2,1H3. The van der Waals surface area contributed by atoms with Crippen LogP contribution < -0.4 is 0 Å². The van der Waals surface area contributed by atoms with E-state index in [-0.39, 0.29) is 37.0 Å². The molecule has 29 heavy (non-hydrogen) atoms. The van der Waals surface area contributed by atoms with Gasteiger partial charge in [-0.3, -0.25) is 9.59 Å². The Kier molecular flexibility index (Phi) is 6.51. The molecule has 8 heteroatoms. The van der Waals surface area contributed by atoms with Crippen LogP contribution in [0.15, 0.2) is 53.0 Å². The molecule has 0 N–H and O–H groups in total. The Hall–Kier alpha value is -1.70. The third-order valence-electron chi connectivity index (χ3n) is 5.34. The lowest BCUT2D eigenvalue weighted by Gasteiger charge is -2.39. The first kappa shape index (κ1) is 22.0. The van der Waals surface area contributed by atoms with Crippen molar-refractivity contribution in [2.24, 2.45) is 0 Å². The molecule has 0 spiro atoms. The van der Waals surface area contributed by atoms with Crippen LogP contribution in [0.3, 0.4) is 0 Å². The predicted molar refractivity (Wildman–Crippen MR) is 117 cm³/mol. The van der Waals surface area contributed by atoms with Crippen LogP contribution in [0.25, 0.3) is 0 Å². The van der Waals surface area contributed by atoms with Crippen LogP contribution in [0.2, 0.25) is 5.02 Å². The Bertz CT molecular complexity index is 1040. The molecule has 2 aromatic rings. The number of carbonyl (C=O) groups excluding carboxylic acids is 2. The van der Waals surface area contributed by atoms with E-state index in [4.69, 9.17) is 11.6 Å². The van der Waals surface area contributed by atoms with Gasteiger partial charge in [0.05, 0.1) is 10.8 Å². The number of hydrogen-bond donors (Lipinski definition) is 0. The van der Waals surface area contributed by atoms with Crippen molar-refractivity contribution in [2.75, 3.05) is 18.8 Å². The van der Waals surface area contributed by atoms with Crippen LogP contribution in [0.4, 0.5) is 0 Å². The first-order chi connectivity index (χ1) is 13.6. The fraction of sp³-hybridized carbons (Fsp3) is 0.333. The summed E-state index contributed by atoms with van der Waals surface area (Å²) in [5, 5.41) is 0.391. The zero-order valence-corrected chi connectivity index (χ0v) is 19.1. The summed E-state index contributed by atoms with van der Waals surface area (Å²) in [5.74, 6) is -0.944. The van der Waals surface area contributed by atoms with Gasteiger partial charge >= 0.3 is 0 Å².